The fourth-order valence-corrected chi connectivity index (χ4v) is 1.04. The molecular formula is C9H9F2NO5. The smallest absolute Gasteiger partial charge is 0.314 e. The first kappa shape index (κ1) is 13.3. The van der Waals surface area contributed by atoms with Gasteiger partial charge < -0.3 is 14.9 Å². The molecule has 0 aromatic heterocycles. The van der Waals surface area contributed by atoms with Gasteiger partial charge in [-0.1, -0.05) is 0 Å². The Morgan fingerprint density at radius 2 is 2.12 bits per heavy atom. The zero-order valence-corrected chi connectivity index (χ0v) is 8.47. The van der Waals surface area contributed by atoms with Gasteiger partial charge in [0.25, 0.3) is 0 Å². The summed E-state index contributed by atoms with van der Waals surface area (Å²) in [5, 5.41) is 28.0. The third-order valence-corrected chi connectivity index (χ3v) is 1.86. The van der Waals surface area contributed by atoms with Crippen molar-refractivity contribution in [3.05, 3.63) is 33.9 Å². The Morgan fingerprint density at radius 1 is 1.47 bits per heavy atom. The van der Waals surface area contributed by atoms with Crippen LogP contribution in [-0.4, -0.2) is 34.5 Å². The number of hydrogen-bond acceptors (Lipinski definition) is 5. The van der Waals surface area contributed by atoms with Gasteiger partial charge in [0, 0.05) is 6.07 Å². The summed E-state index contributed by atoms with van der Waals surface area (Å²) in [5.41, 5.74) is -0.756. The Hall–Kier alpha value is -1.80. The highest BCUT2D eigenvalue weighted by atomic mass is 19.2. The molecule has 1 aromatic rings. The van der Waals surface area contributed by atoms with Crippen molar-refractivity contribution in [2.45, 2.75) is 6.10 Å². The molecule has 94 valence electrons. The summed E-state index contributed by atoms with van der Waals surface area (Å²) in [5.74, 6) is -3.71. The molecule has 0 aliphatic rings. The lowest BCUT2D eigenvalue weighted by Crippen LogP contribution is -2.22. The zero-order valence-electron chi connectivity index (χ0n) is 8.47. The maximum atomic E-state index is 13.2. The molecule has 0 amide bonds. The number of benzene rings is 1. The third-order valence-electron chi connectivity index (χ3n) is 1.86. The van der Waals surface area contributed by atoms with Gasteiger partial charge in [0.1, 0.15) is 12.7 Å². The first-order valence-electron chi connectivity index (χ1n) is 4.51. The molecule has 6 nitrogen and oxygen atoms in total. The Labute approximate surface area is 94.2 Å². The van der Waals surface area contributed by atoms with Crippen molar-refractivity contribution in [1.29, 1.82) is 0 Å². The zero-order chi connectivity index (χ0) is 13.0. The molecule has 2 N–H and O–H groups in total. The molecule has 0 spiro atoms. The van der Waals surface area contributed by atoms with Crippen LogP contribution in [-0.2, 0) is 0 Å². The van der Waals surface area contributed by atoms with Crippen LogP contribution in [0.3, 0.4) is 0 Å². The van der Waals surface area contributed by atoms with Gasteiger partial charge in [0.15, 0.2) is 5.82 Å². The molecule has 8 heteroatoms. The third kappa shape index (κ3) is 3.08. The van der Waals surface area contributed by atoms with E-state index in [9.17, 15) is 18.9 Å². The van der Waals surface area contributed by atoms with Crippen molar-refractivity contribution in [3.8, 4) is 5.75 Å². The van der Waals surface area contributed by atoms with Crippen LogP contribution in [0, 0.1) is 21.7 Å². The fourth-order valence-electron chi connectivity index (χ4n) is 1.04. The lowest BCUT2D eigenvalue weighted by molar-refractivity contribution is -0.386. The van der Waals surface area contributed by atoms with Gasteiger partial charge in [0.2, 0.25) is 11.6 Å². The summed E-state index contributed by atoms with van der Waals surface area (Å²) in [6, 6.07) is 1.35. The van der Waals surface area contributed by atoms with Gasteiger partial charge in [-0.2, -0.15) is 4.39 Å². The molecule has 1 rings (SSSR count). The van der Waals surface area contributed by atoms with Gasteiger partial charge in [-0.25, -0.2) is 4.39 Å². The van der Waals surface area contributed by atoms with E-state index in [0.717, 1.165) is 6.07 Å². The minimum Gasteiger partial charge on any atom is -0.482 e. The normalized spacial score (nSPS) is 12.2. The standard InChI is InChI=1S/C9H9F2NO5/c10-6-1-2-7(12(15)16)9(8(6)11)17-4-5(14)3-13/h1-2,5,13-14H,3-4H2. The van der Waals surface area contributed by atoms with Gasteiger partial charge in [-0.05, 0) is 6.07 Å². The van der Waals surface area contributed by atoms with Crippen molar-refractivity contribution in [3.63, 3.8) is 0 Å². The number of nitro benzene ring substituents is 1. The van der Waals surface area contributed by atoms with E-state index < -0.39 is 47.3 Å². The fraction of sp³-hybridized carbons (Fsp3) is 0.333. The van der Waals surface area contributed by atoms with E-state index >= 15 is 0 Å². The van der Waals surface area contributed by atoms with Crippen molar-refractivity contribution in [2.75, 3.05) is 13.2 Å². The van der Waals surface area contributed by atoms with Crippen LogP contribution in [0.15, 0.2) is 12.1 Å². The number of nitro groups is 1. The minimum atomic E-state index is -1.51. The van der Waals surface area contributed by atoms with E-state index in [1.54, 1.807) is 0 Å². The summed E-state index contributed by atoms with van der Waals surface area (Å²) in [4.78, 5) is 9.58. The molecule has 0 bridgehead atoms. The lowest BCUT2D eigenvalue weighted by Gasteiger charge is -2.10. The van der Waals surface area contributed by atoms with Crippen molar-refractivity contribution < 1.29 is 28.7 Å². The second-order valence-electron chi connectivity index (χ2n) is 3.11. The number of aliphatic hydroxyl groups excluding tert-OH is 2. The summed E-state index contributed by atoms with van der Waals surface area (Å²) < 4.78 is 30.7. The number of ether oxygens (including phenoxy) is 1. The Bertz CT molecular complexity index is 426. The number of nitrogens with zero attached hydrogens (tertiary/aromatic N) is 1. The number of halogens is 2. The van der Waals surface area contributed by atoms with Gasteiger partial charge >= 0.3 is 5.69 Å². The molecule has 0 aliphatic heterocycles. The largest absolute Gasteiger partial charge is 0.482 e. The first-order valence-corrected chi connectivity index (χ1v) is 4.51. The second-order valence-corrected chi connectivity index (χ2v) is 3.11. The molecule has 0 heterocycles. The molecule has 0 aliphatic carbocycles. The molecule has 0 saturated heterocycles. The van der Waals surface area contributed by atoms with Crippen LogP contribution < -0.4 is 4.74 Å². The first-order chi connectivity index (χ1) is 7.97. The Kier molecular flexibility index (Phi) is 4.30. The quantitative estimate of drug-likeness (QED) is 0.589. The lowest BCUT2D eigenvalue weighted by atomic mass is 10.2. The summed E-state index contributed by atoms with van der Waals surface area (Å²) in [7, 11) is 0. The topological polar surface area (TPSA) is 92.8 Å². The predicted molar refractivity (Wildman–Crippen MR) is 51.6 cm³/mol. The number of rotatable bonds is 5. The second kappa shape index (κ2) is 5.51. The van der Waals surface area contributed by atoms with Gasteiger partial charge in [-0.3, -0.25) is 10.1 Å². The van der Waals surface area contributed by atoms with Gasteiger partial charge in [0.05, 0.1) is 11.5 Å². The highest BCUT2D eigenvalue weighted by Crippen LogP contribution is 2.31. The summed E-state index contributed by atoms with van der Waals surface area (Å²) >= 11 is 0. The maximum absolute atomic E-state index is 13.2. The Morgan fingerprint density at radius 3 is 2.65 bits per heavy atom. The van der Waals surface area contributed by atoms with E-state index in [0.29, 0.717) is 6.07 Å². The monoisotopic (exact) mass is 249 g/mol. The number of aliphatic hydroxyl groups is 2. The van der Waals surface area contributed by atoms with Crippen LogP contribution in [0.5, 0.6) is 5.75 Å². The highest BCUT2D eigenvalue weighted by molar-refractivity contribution is 5.47. The molecule has 0 fully saturated rings. The minimum absolute atomic E-state index is 0.586. The average molecular weight is 249 g/mol. The summed E-state index contributed by atoms with van der Waals surface area (Å²) in [6.07, 6.45) is -1.34. The van der Waals surface area contributed by atoms with E-state index in [-0.39, 0.29) is 0 Å². The van der Waals surface area contributed by atoms with Gasteiger partial charge in [-0.15, -0.1) is 0 Å². The SMILES string of the molecule is O=[N+]([O-])c1ccc(F)c(F)c1OCC(O)CO. The van der Waals surface area contributed by atoms with E-state index in [2.05, 4.69) is 4.74 Å². The molecular weight excluding hydrogens is 240 g/mol. The predicted octanol–water partition coefficient (Wildman–Crippen LogP) is 0.605. The van der Waals surface area contributed by atoms with E-state index in [4.69, 9.17) is 10.2 Å². The summed E-state index contributed by atoms with van der Waals surface area (Å²) in [6.45, 7) is -1.25. The number of hydrogen-bond donors (Lipinski definition) is 2. The molecule has 1 unspecified atom stereocenters. The van der Waals surface area contributed by atoms with E-state index in [1.165, 1.54) is 0 Å². The van der Waals surface area contributed by atoms with Crippen molar-refractivity contribution in [1.82, 2.24) is 0 Å². The van der Waals surface area contributed by atoms with Crippen LogP contribution in [0.25, 0.3) is 0 Å². The van der Waals surface area contributed by atoms with Crippen LogP contribution >= 0.6 is 0 Å². The highest BCUT2D eigenvalue weighted by Gasteiger charge is 2.23. The average Bonchev–Trinajstić information content (AvgIpc) is 2.30. The maximum Gasteiger partial charge on any atom is 0.314 e. The molecule has 17 heavy (non-hydrogen) atoms. The molecule has 1 atom stereocenters. The van der Waals surface area contributed by atoms with E-state index in [1.807, 2.05) is 0 Å². The molecule has 1 aromatic carbocycles. The molecule has 0 saturated carbocycles. The van der Waals surface area contributed by atoms with Crippen molar-refractivity contribution in [2.24, 2.45) is 0 Å². The van der Waals surface area contributed by atoms with Crippen LogP contribution in [0.1, 0.15) is 0 Å². The van der Waals surface area contributed by atoms with Crippen LogP contribution in [0.4, 0.5) is 14.5 Å². The van der Waals surface area contributed by atoms with Crippen LogP contribution in [0.2, 0.25) is 0 Å². The molecule has 0 radical (unpaired) electrons. The van der Waals surface area contributed by atoms with Crippen molar-refractivity contribution >= 4 is 5.69 Å². The Balaban J connectivity index is 3.02.